The van der Waals surface area contributed by atoms with E-state index in [0.29, 0.717) is 30.4 Å². The van der Waals surface area contributed by atoms with Gasteiger partial charge in [0.25, 0.3) is 0 Å². The Hall–Kier alpha value is -3.37. The summed E-state index contributed by atoms with van der Waals surface area (Å²) in [6.45, 7) is 0.640. The van der Waals surface area contributed by atoms with Crippen molar-refractivity contribution >= 4 is 23.1 Å². The van der Waals surface area contributed by atoms with Crippen LogP contribution in [0.15, 0.2) is 30.7 Å². The lowest BCUT2D eigenvalue weighted by Gasteiger charge is -2.31. The van der Waals surface area contributed by atoms with Crippen molar-refractivity contribution in [3.63, 3.8) is 0 Å². The number of amides is 1. The maximum Gasteiger partial charge on any atom is 0.419 e. The molecule has 0 spiro atoms. The molecule has 1 fully saturated rings. The zero-order valence-corrected chi connectivity index (χ0v) is 15.1. The standard InChI is InChI=1S/C18H17F3N6O2/c19-18(20,21)13-8-24-16(25-10-3-2-6-27(9-10)17(28)29)26-14(13)12-7-23-15-11(12)4-1-5-22-15/h1,4-5,7-8,10H,2-3,6,9H2,(H,22,23)(H,28,29)(H,24,25,26). The molecule has 1 unspecified atom stereocenters. The van der Waals surface area contributed by atoms with Gasteiger partial charge in [-0.2, -0.15) is 13.2 Å². The summed E-state index contributed by atoms with van der Waals surface area (Å²) in [6.07, 6.45) is -0.630. The Morgan fingerprint density at radius 3 is 2.93 bits per heavy atom. The average Bonchev–Trinajstić information content (AvgIpc) is 3.11. The topological polar surface area (TPSA) is 107 Å². The fraction of sp³-hybridized carbons (Fsp3) is 0.333. The van der Waals surface area contributed by atoms with Crippen LogP contribution in [0.25, 0.3) is 22.3 Å². The minimum Gasteiger partial charge on any atom is -0.465 e. The highest BCUT2D eigenvalue weighted by Gasteiger charge is 2.36. The van der Waals surface area contributed by atoms with Crippen molar-refractivity contribution in [1.29, 1.82) is 0 Å². The molecule has 3 aromatic heterocycles. The van der Waals surface area contributed by atoms with Gasteiger partial charge in [-0.25, -0.2) is 19.7 Å². The molecule has 4 heterocycles. The van der Waals surface area contributed by atoms with Gasteiger partial charge in [-0.05, 0) is 25.0 Å². The summed E-state index contributed by atoms with van der Waals surface area (Å²) < 4.78 is 40.7. The van der Waals surface area contributed by atoms with Gasteiger partial charge in [-0.15, -0.1) is 0 Å². The molecule has 1 saturated heterocycles. The zero-order valence-electron chi connectivity index (χ0n) is 15.1. The van der Waals surface area contributed by atoms with Crippen LogP contribution in [-0.2, 0) is 6.18 Å². The van der Waals surface area contributed by atoms with Crippen molar-refractivity contribution < 1.29 is 23.1 Å². The Labute approximate surface area is 162 Å². The zero-order chi connectivity index (χ0) is 20.6. The molecule has 4 rings (SSSR count). The van der Waals surface area contributed by atoms with E-state index in [9.17, 15) is 18.0 Å². The largest absolute Gasteiger partial charge is 0.465 e. The van der Waals surface area contributed by atoms with Gasteiger partial charge in [0.15, 0.2) is 0 Å². The van der Waals surface area contributed by atoms with Crippen LogP contribution in [0.2, 0.25) is 0 Å². The van der Waals surface area contributed by atoms with E-state index in [1.165, 1.54) is 17.3 Å². The second-order valence-corrected chi connectivity index (χ2v) is 6.77. The number of hydrogen-bond donors (Lipinski definition) is 3. The van der Waals surface area contributed by atoms with Crippen molar-refractivity contribution in [2.24, 2.45) is 0 Å². The molecular weight excluding hydrogens is 389 g/mol. The number of hydrogen-bond acceptors (Lipinski definition) is 5. The molecule has 0 radical (unpaired) electrons. The van der Waals surface area contributed by atoms with Crippen LogP contribution < -0.4 is 5.32 Å². The molecule has 11 heteroatoms. The second-order valence-electron chi connectivity index (χ2n) is 6.77. The van der Waals surface area contributed by atoms with Gasteiger partial charge >= 0.3 is 12.3 Å². The van der Waals surface area contributed by atoms with Gasteiger partial charge in [-0.1, -0.05) is 0 Å². The number of nitrogens with zero attached hydrogens (tertiary/aromatic N) is 4. The van der Waals surface area contributed by atoms with Crippen LogP contribution in [0.1, 0.15) is 18.4 Å². The first kappa shape index (κ1) is 19.0. The highest BCUT2D eigenvalue weighted by atomic mass is 19.4. The first-order valence-corrected chi connectivity index (χ1v) is 8.94. The monoisotopic (exact) mass is 406 g/mol. The Morgan fingerprint density at radius 2 is 2.17 bits per heavy atom. The van der Waals surface area contributed by atoms with Crippen molar-refractivity contribution in [2.75, 3.05) is 18.4 Å². The van der Waals surface area contributed by atoms with Gasteiger partial charge < -0.3 is 20.3 Å². The summed E-state index contributed by atoms with van der Waals surface area (Å²) in [5, 5.41) is 12.6. The van der Waals surface area contributed by atoms with Crippen molar-refractivity contribution in [3.05, 3.63) is 36.3 Å². The lowest BCUT2D eigenvalue weighted by atomic mass is 10.1. The fourth-order valence-corrected chi connectivity index (χ4v) is 3.47. The summed E-state index contributed by atoms with van der Waals surface area (Å²) in [4.78, 5) is 27.4. The number of carboxylic acid groups (broad SMARTS) is 1. The van der Waals surface area contributed by atoms with Crippen LogP contribution in [-0.4, -0.2) is 55.2 Å². The molecule has 8 nitrogen and oxygen atoms in total. The number of nitrogens with one attached hydrogen (secondary N) is 2. The molecule has 0 bridgehead atoms. The molecule has 3 N–H and O–H groups in total. The minimum absolute atomic E-state index is 0.0171. The maximum atomic E-state index is 13.6. The first-order chi connectivity index (χ1) is 13.8. The third kappa shape index (κ3) is 3.80. The van der Waals surface area contributed by atoms with Crippen molar-refractivity contribution in [2.45, 2.75) is 25.1 Å². The Kier molecular flexibility index (Phi) is 4.73. The summed E-state index contributed by atoms with van der Waals surface area (Å²) in [5.74, 6) is 0.0171. The summed E-state index contributed by atoms with van der Waals surface area (Å²) in [6, 6.07) is 3.01. The van der Waals surface area contributed by atoms with Gasteiger partial charge in [0.2, 0.25) is 5.95 Å². The lowest BCUT2D eigenvalue weighted by molar-refractivity contribution is -0.137. The van der Waals surface area contributed by atoms with Crippen molar-refractivity contribution in [3.8, 4) is 11.3 Å². The van der Waals surface area contributed by atoms with E-state index < -0.39 is 17.8 Å². The van der Waals surface area contributed by atoms with E-state index >= 15 is 0 Å². The molecule has 1 aliphatic rings. The fourth-order valence-electron chi connectivity index (χ4n) is 3.47. The van der Waals surface area contributed by atoms with Gasteiger partial charge in [0.1, 0.15) is 11.2 Å². The number of rotatable bonds is 3. The molecule has 1 amide bonds. The summed E-state index contributed by atoms with van der Waals surface area (Å²) >= 11 is 0. The number of fused-ring (bicyclic) bond motifs is 1. The summed E-state index contributed by atoms with van der Waals surface area (Å²) in [7, 11) is 0. The number of aromatic amines is 1. The average molecular weight is 406 g/mol. The number of alkyl halides is 3. The predicted octanol–water partition coefficient (Wildman–Crippen LogP) is 3.59. The number of aromatic nitrogens is 4. The molecule has 0 aromatic carbocycles. The van der Waals surface area contributed by atoms with E-state index in [1.807, 2.05) is 0 Å². The predicted molar refractivity (Wildman–Crippen MR) is 98.4 cm³/mol. The lowest BCUT2D eigenvalue weighted by Crippen LogP contribution is -2.44. The van der Waals surface area contributed by atoms with E-state index in [0.717, 1.165) is 6.20 Å². The smallest absolute Gasteiger partial charge is 0.419 e. The molecule has 152 valence electrons. The molecule has 29 heavy (non-hydrogen) atoms. The van der Waals surface area contributed by atoms with Crippen LogP contribution in [0, 0.1) is 0 Å². The number of halogens is 3. The maximum absolute atomic E-state index is 13.6. The van der Waals surface area contributed by atoms with E-state index in [-0.39, 0.29) is 29.8 Å². The third-order valence-electron chi connectivity index (χ3n) is 4.83. The first-order valence-electron chi connectivity index (χ1n) is 8.94. The third-order valence-corrected chi connectivity index (χ3v) is 4.83. The second kappa shape index (κ2) is 7.22. The van der Waals surface area contributed by atoms with Crippen LogP contribution >= 0.6 is 0 Å². The molecular formula is C18H17F3N6O2. The quantitative estimate of drug-likeness (QED) is 0.614. The Morgan fingerprint density at radius 1 is 1.34 bits per heavy atom. The number of likely N-dealkylation sites (tertiary alicyclic amines) is 1. The number of piperidine rings is 1. The van der Waals surface area contributed by atoms with Crippen LogP contribution in [0.4, 0.5) is 23.9 Å². The molecule has 0 aliphatic carbocycles. The highest BCUT2D eigenvalue weighted by molar-refractivity contribution is 5.93. The molecule has 1 aliphatic heterocycles. The van der Waals surface area contributed by atoms with Gasteiger partial charge in [0, 0.05) is 48.7 Å². The van der Waals surface area contributed by atoms with Crippen molar-refractivity contribution in [1.82, 2.24) is 24.8 Å². The van der Waals surface area contributed by atoms with E-state index in [2.05, 4.69) is 25.3 Å². The van der Waals surface area contributed by atoms with Crippen LogP contribution in [0.5, 0.6) is 0 Å². The van der Waals surface area contributed by atoms with E-state index in [1.54, 1.807) is 12.1 Å². The summed E-state index contributed by atoms with van der Waals surface area (Å²) in [5.41, 5.74) is -0.501. The normalized spacial score (nSPS) is 17.5. The van der Waals surface area contributed by atoms with Gasteiger partial charge in [0.05, 0.1) is 5.69 Å². The molecule has 3 aromatic rings. The SMILES string of the molecule is O=C(O)N1CCCC(Nc2ncc(C(F)(F)F)c(-c3c[nH]c4ncccc34)n2)C1. The number of H-pyrrole nitrogens is 1. The number of carbonyl (C=O) groups is 1. The minimum atomic E-state index is -4.63. The molecule has 1 atom stereocenters. The highest BCUT2D eigenvalue weighted by Crippen LogP contribution is 2.38. The van der Waals surface area contributed by atoms with E-state index in [4.69, 9.17) is 5.11 Å². The van der Waals surface area contributed by atoms with Crippen LogP contribution in [0.3, 0.4) is 0 Å². The Balaban J connectivity index is 1.71. The number of pyridine rings is 1. The van der Waals surface area contributed by atoms with Gasteiger partial charge in [-0.3, -0.25) is 0 Å². The number of anilines is 1. The molecule has 0 saturated carbocycles. The Bertz CT molecular complexity index is 1050.